The molecule has 0 atom stereocenters. The van der Waals surface area contributed by atoms with E-state index in [2.05, 4.69) is 31.2 Å². The third kappa shape index (κ3) is 5.84. The predicted molar refractivity (Wildman–Crippen MR) is 99.1 cm³/mol. The average Bonchev–Trinajstić information content (AvgIpc) is 2.58. The highest BCUT2D eigenvalue weighted by atomic mass is 35.5. The van der Waals surface area contributed by atoms with Crippen molar-refractivity contribution in [3.8, 4) is 11.1 Å². The molecule has 0 saturated carbocycles. The molecule has 0 spiro atoms. The lowest BCUT2D eigenvalue weighted by Gasteiger charge is -2.05. The van der Waals surface area contributed by atoms with Gasteiger partial charge in [-0.25, -0.2) is 0 Å². The van der Waals surface area contributed by atoms with Crippen LogP contribution >= 0.6 is 11.6 Å². The number of unbranched alkanes of at least 4 members (excludes halogenated alkanes) is 5. The normalized spacial score (nSPS) is 10.7. The molecule has 2 aromatic carbocycles. The first kappa shape index (κ1) is 17.7. The zero-order valence-corrected chi connectivity index (χ0v) is 14.6. The van der Waals surface area contributed by atoms with Crippen LogP contribution in [-0.4, -0.2) is 5.24 Å². The number of hydrogen-bond donors (Lipinski definition) is 0. The fraction of sp³-hybridized carbons (Fsp3) is 0.381. The number of carbonyl (C=O) groups is 1. The molecule has 0 saturated heterocycles. The Morgan fingerprint density at radius 2 is 1.30 bits per heavy atom. The van der Waals surface area contributed by atoms with Gasteiger partial charge >= 0.3 is 0 Å². The van der Waals surface area contributed by atoms with Gasteiger partial charge in [-0.2, -0.15) is 0 Å². The van der Waals surface area contributed by atoms with Crippen LogP contribution in [-0.2, 0) is 6.42 Å². The molecule has 2 heteroatoms. The van der Waals surface area contributed by atoms with Gasteiger partial charge in [0.1, 0.15) is 0 Å². The summed E-state index contributed by atoms with van der Waals surface area (Å²) in [5.41, 5.74) is 4.22. The van der Waals surface area contributed by atoms with Crippen LogP contribution in [0.1, 0.15) is 61.4 Å². The van der Waals surface area contributed by atoms with Crippen molar-refractivity contribution in [1.29, 1.82) is 0 Å². The van der Waals surface area contributed by atoms with Gasteiger partial charge in [-0.3, -0.25) is 4.79 Å². The molecule has 2 rings (SSSR count). The zero-order chi connectivity index (χ0) is 16.5. The van der Waals surface area contributed by atoms with Crippen molar-refractivity contribution in [2.45, 2.75) is 51.9 Å². The topological polar surface area (TPSA) is 17.1 Å². The Morgan fingerprint density at radius 3 is 1.87 bits per heavy atom. The van der Waals surface area contributed by atoms with E-state index in [1.165, 1.54) is 49.7 Å². The molecule has 0 aliphatic carbocycles. The lowest BCUT2D eigenvalue weighted by atomic mass is 10.00. The van der Waals surface area contributed by atoms with Gasteiger partial charge in [-0.05, 0) is 53.3 Å². The van der Waals surface area contributed by atoms with Gasteiger partial charge in [0, 0.05) is 5.56 Å². The number of aryl methyl sites for hydroxylation is 1. The maximum Gasteiger partial charge on any atom is 0.252 e. The number of benzene rings is 2. The largest absolute Gasteiger partial charge is 0.276 e. The van der Waals surface area contributed by atoms with Crippen molar-refractivity contribution in [2.24, 2.45) is 0 Å². The smallest absolute Gasteiger partial charge is 0.252 e. The van der Waals surface area contributed by atoms with Crippen molar-refractivity contribution >= 4 is 16.8 Å². The van der Waals surface area contributed by atoms with Gasteiger partial charge in [0.25, 0.3) is 5.24 Å². The zero-order valence-electron chi connectivity index (χ0n) is 13.9. The average molecular weight is 329 g/mol. The predicted octanol–water partition coefficient (Wildman–Crippen LogP) is 6.64. The first-order chi connectivity index (χ1) is 11.2. The molecule has 0 bridgehead atoms. The minimum atomic E-state index is -0.411. The van der Waals surface area contributed by atoms with E-state index in [1.54, 1.807) is 12.1 Å². The molecular weight excluding hydrogens is 304 g/mol. The molecule has 0 amide bonds. The number of rotatable bonds is 9. The van der Waals surface area contributed by atoms with Crippen LogP contribution in [0.25, 0.3) is 11.1 Å². The Kier molecular flexibility index (Phi) is 7.35. The number of hydrogen-bond acceptors (Lipinski definition) is 1. The lowest BCUT2D eigenvalue weighted by Crippen LogP contribution is -1.89. The maximum absolute atomic E-state index is 11.1. The molecule has 23 heavy (non-hydrogen) atoms. The molecule has 0 fully saturated rings. The van der Waals surface area contributed by atoms with E-state index in [4.69, 9.17) is 11.6 Å². The van der Waals surface area contributed by atoms with Gasteiger partial charge in [0.2, 0.25) is 0 Å². The fourth-order valence-electron chi connectivity index (χ4n) is 2.77. The highest BCUT2D eigenvalue weighted by molar-refractivity contribution is 6.67. The summed E-state index contributed by atoms with van der Waals surface area (Å²) in [6.45, 7) is 2.25. The van der Waals surface area contributed by atoms with Crippen LogP contribution in [0.2, 0.25) is 0 Å². The summed E-state index contributed by atoms with van der Waals surface area (Å²) in [5, 5.41) is -0.411. The summed E-state index contributed by atoms with van der Waals surface area (Å²) >= 11 is 5.47. The van der Waals surface area contributed by atoms with Crippen molar-refractivity contribution in [2.75, 3.05) is 0 Å². The molecule has 2 aromatic rings. The van der Waals surface area contributed by atoms with Gasteiger partial charge in [0.15, 0.2) is 0 Å². The fourth-order valence-corrected chi connectivity index (χ4v) is 2.89. The molecule has 0 heterocycles. The van der Waals surface area contributed by atoms with E-state index >= 15 is 0 Å². The first-order valence-electron chi connectivity index (χ1n) is 8.60. The molecule has 0 aromatic heterocycles. The van der Waals surface area contributed by atoms with E-state index in [-0.39, 0.29) is 0 Å². The second-order valence-corrected chi connectivity index (χ2v) is 6.41. The van der Waals surface area contributed by atoms with Gasteiger partial charge in [0.05, 0.1) is 0 Å². The molecule has 0 radical (unpaired) electrons. The Bertz CT molecular complexity index is 599. The van der Waals surface area contributed by atoms with E-state index in [0.717, 1.165) is 12.0 Å². The van der Waals surface area contributed by atoms with Gasteiger partial charge in [-0.15, -0.1) is 0 Å². The molecule has 0 aliphatic rings. The standard InChI is InChI=1S/C21H25ClO/c1-2-3-4-5-6-7-8-17-9-11-18(12-10-17)19-13-15-20(16-14-19)21(22)23/h9-16H,2-8H2,1H3. The summed E-state index contributed by atoms with van der Waals surface area (Å²) in [6, 6.07) is 16.2. The molecule has 0 aliphatic heterocycles. The summed E-state index contributed by atoms with van der Waals surface area (Å²) in [4.78, 5) is 11.1. The summed E-state index contributed by atoms with van der Waals surface area (Å²) in [5.74, 6) is 0. The molecule has 0 N–H and O–H groups in total. The quantitative estimate of drug-likeness (QED) is 0.372. The Labute approximate surface area is 144 Å². The molecule has 122 valence electrons. The molecule has 1 nitrogen and oxygen atoms in total. The second-order valence-electron chi connectivity index (χ2n) is 6.07. The first-order valence-corrected chi connectivity index (χ1v) is 8.97. The summed E-state index contributed by atoms with van der Waals surface area (Å²) in [6.07, 6.45) is 9.16. The van der Waals surface area contributed by atoms with Crippen molar-refractivity contribution < 1.29 is 4.79 Å². The highest BCUT2D eigenvalue weighted by Crippen LogP contribution is 2.21. The summed E-state index contributed by atoms with van der Waals surface area (Å²) < 4.78 is 0. The van der Waals surface area contributed by atoms with Crippen LogP contribution in [0.4, 0.5) is 0 Å². The lowest BCUT2D eigenvalue weighted by molar-refractivity contribution is 0.108. The third-order valence-electron chi connectivity index (χ3n) is 4.22. The monoisotopic (exact) mass is 328 g/mol. The third-order valence-corrected chi connectivity index (χ3v) is 4.44. The number of halogens is 1. The highest BCUT2D eigenvalue weighted by Gasteiger charge is 2.03. The molecular formula is C21H25ClO. The Morgan fingerprint density at radius 1 is 0.783 bits per heavy atom. The molecule has 0 unspecified atom stereocenters. The van der Waals surface area contributed by atoms with Crippen LogP contribution in [0.15, 0.2) is 48.5 Å². The van der Waals surface area contributed by atoms with E-state index in [0.29, 0.717) is 5.56 Å². The number of carbonyl (C=O) groups excluding carboxylic acids is 1. The second kappa shape index (κ2) is 9.52. The van der Waals surface area contributed by atoms with Gasteiger partial charge < -0.3 is 0 Å². The maximum atomic E-state index is 11.1. The van der Waals surface area contributed by atoms with Crippen LogP contribution in [0.5, 0.6) is 0 Å². The minimum absolute atomic E-state index is 0.411. The van der Waals surface area contributed by atoms with E-state index in [1.807, 2.05) is 12.1 Å². The van der Waals surface area contributed by atoms with Crippen LogP contribution in [0, 0.1) is 0 Å². The van der Waals surface area contributed by atoms with Crippen molar-refractivity contribution in [1.82, 2.24) is 0 Å². The summed E-state index contributed by atoms with van der Waals surface area (Å²) in [7, 11) is 0. The van der Waals surface area contributed by atoms with Crippen LogP contribution in [0.3, 0.4) is 0 Å². The van der Waals surface area contributed by atoms with E-state index in [9.17, 15) is 4.79 Å². The SMILES string of the molecule is CCCCCCCCc1ccc(-c2ccc(C(=O)Cl)cc2)cc1. The van der Waals surface area contributed by atoms with Crippen LogP contribution < -0.4 is 0 Å². The van der Waals surface area contributed by atoms with E-state index < -0.39 is 5.24 Å². The minimum Gasteiger partial charge on any atom is -0.276 e. The van der Waals surface area contributed by atoms with Crippen molar-refractivity contribution in [3.63, 3.8) is 0 Å². The Balaban J connectivity index is 1.85. The van der Waals surface area contributed by atoms with Gasteiger partial charge in [-0.1, -0.05) is 75.4 Å². The van der Waals surface area contributed by atoms with Crippen molar-refractivity contribution in [3.05, 3.63) is 59.7 Å². The Hall–Kier alpha value is -1.60.